The smallest absolute Gasteiger partial charge is 0.309 e. The molecule has 0 saturated heterocycles. The summed E-state index contributed by atoms with van der Waals surface area (Å²) in [7, 11) is 1.46. The minimum absolute atomic E-state index is 0.289. The van der Waals surface area contributed by atoms with Gasteiger partial charge in [0, 0.05) is 7.05 Å². The first-order valence-electron chi connectivity index (χ1n) is 5.64. The van der Waals surface area contributed by atoms with Crippen molar-refractivity contribution in [2.24, 2.45) is 5.92 Å². The van der Waals surface area contributed by atoms with Gasteiger partial charge in [-0.3, -0.25) is 9.59 Å². The fraction of sp³-hybridized carbons (Fsp3) is 0.385. The van der Waals surface area contributed by atoms with Gasteiger partial charge in [-0.15, -0.1) is 0 Å². The van der Waals surface area contributed by atoms with Gasteiger partial charge in [0.15, 0.2) is 6.61 Å². The van der Waals surface area contributed by atoms with Crippen molar-refractivity contribution in [1.82, 2.24) is 5.32 Å². The first-order chi connectivity index (χ1) is 8.52. The number of nitrogens with one attached hydrogen (secondary N) is 1. The minimum atomic E-state index is -0.470. The molecule has 1 unspecified atom stereocenters. The molecule has 0 heterocycles. The second kappa shape index (κ2) is 6.74. The molecule has 1 rings (SSSR count). The summed E-state index contributed by atoms with van der Waals surface area (Å²) in [5.74, 6) is -1.58. The number of carbonyl (C=O) groups excluding carboxylic acids is 2. The molecule has 1 N–H and O–H groups in total. The predicted octanol–water partition coefficient (Wildman–Crippen LogP) is 1.29. The average Bonchev–Trinajstić information content (AvgIpc) is 2.35. The molecule has 0 radical (unpaired) electrons. The number of hydrogen-bond donors (Lipinski definition) is 1. The van der Waals surface area contributed by atoms with E-state index >= 15 is 0 Å². The Labute approximate surface area is 105 Å². The topological polar surface area (TPSA) is 55.4 Å². The zero-order valence-corrected chi connectivity index (χ0v) is 10.4. The van der Waals surface area contributed by atoms with Crippen molar-refractivity contribution in [3.63, 3.8) is 0 Å². The molecule has 0 aromatic heterocycles. The standard InChI is InChI=1S/C13H16FNO3/c1-9(13(17)18-8-12(16)15-2)6-10-4-3-5-11(14)7-10/h3-5,7,9H,6,8H2,1-2H3,(H,15,16). The maximum Gasteiger partial charge on any atom is 0.309 e. The van der Waals surface area contributed by atoms with Gasteiger partial charge in [0.25, 0.3) is 5.91 Å². The van der Waals surface area contributed by atoms with Gasteiger partial charge in [0.2, 0.25) is 0 Å². The maximum atomic E-state index is 12.9. The molecule has 0 aliphatic heterocycles. The van der Waals surface area contributed by atoms with Gasteiger partial charge in [-0.2, -0.15) is 0 Å². The number of halogens is 1. The lowest BCUT2D eigenvalue weighted by Gasteiger charge is -2.11. The molecule has 1 amide bonds. The Kier molecular flexibility index (Phi) is 5.30. The van der Waals surface area contributed by atoms with Crippen molar-refractivity contribution in [3.05, 3.63) is 35.6 Å². The summed E-state index contributed by atoms with van der Waals surface area (Å²) in [5, 5.41) is 2.35. The normalized spacial score (nSPS) is 11.7. The second-order valence-corrected chi connectivity index (χ2v) is 4.02. The molecule has 1 atom stereocenters. The van der Waals surface area contributed by atoms with E-state index in [4.69, 9.17) is 4.74 Å². The number of benzene rings is 1. The van der Waals surface area contributed by atoms with Crippen LogP contribution in [0.2, 0.25) is 0 Å². The van der Waals surface area contributed by atoms with Crippen LogP contribution >= 0.6 is 0 Å². The van der Waals surface area contributed by atoms with Crippen LogP contribution in [0.5, 0.6) is 0 Å². The van der Waals surface area contributed by atoms with Crippen molar-refractivity contribution in [2.75, 3.05) is 13.7 Å². The quantitative estimate of drug-likeness (QED) is 0.805. The Bertz CT molecular complexity index is 434. The summed E-state index contributed by atoms with van der Waals surface area (Å²) < 4.78 is 17.8. The van der Waals surface area contributed by atoms with E-state index in [1.165, 1.54) is 19.2 Å². The summed E-state index contributed by atoms with van der Waals surface area (Å²) in [4.78, 5) is 22.5. The van der Waals surface area contributed by atoms with Gasteiger partial charge in [-0.1, -0.05) is 19.1 Å². The first-order valence-corrected chi connectivity index (χ1v) is 5.64. The Hall–Kier alpha value is -1.91. The van der Waals surface area contributed by atoms with Crippen LogP contribution in [0, 0.1) is 11.7 Å². The van der Waals surface area contributed by atoms with Crippen LogP contribution in [0.25, 0.3) is 0 Å². The number of esters is 1. The number of amides is 1. The summed E-state index contributed by atoms with van der Waals surface area (Å²) in [6.07, 6.45) is 0.379. The van der Waals surface area contributed by atoms with Gasteiger partial charge < -0.3 is 10.1 Å². The van der Waals surface area contributed by atoms with Crippen LogP contribution in [0.4, 0.5) is 4.39 Å². The van der Waals surface area contributed by atoms with Crippen LogP contribution in [0.15, 0.2) is 24.3 Å². The van der Waals surface area contributed by atoms with E-state index in [-0.39, 0.29) is 18.3 Å². The lowest BCUT2D eigenvalue weighted by molar-refractivity contribution is -0.151. The number of carbonyl (C=O) groups is 2. The van der Waals surface area contributed by atoms with E-state index in [1.807, 2.05) is 0 Å². The monoisotopic (exact) mass is 253 g/mol. The van der Waals surface area contributed by atoms with Crippen LogP contribution in [0.3, 0.4) is 0 Å². The van der Waals surface area contributed by atoms with E-state index in [2.05, 4.69) is 5.32 Å². The minimum Gasteiger partial charge on any atom is -0.455 e. The van der Waals surface area contributed by atoms with E-state index in [1.54, 1.807) is 19.1 Å². The molecule has 4 nitrogen and oxygen atoms in total. The van der Waals surface area contributed by atoms with Crippen LogP contribution in [-0.4, -0.2) is 25.5 Å². The number of likely N-dealkylation sites (N-methyl/N-ethyl adjacent to an activating group) is 1. The third kappa shape index (κ3) is 4.53. The van der Waals surface area contributed by atoms with Gasteiger partial charge in [-0.05, 0) is 24.1 Å². The molecule has 98 valence electrons. The zero-order chi connectivity index (χ0) is 13.5. The Balaban J connectivity index is 2.47. The SMILES string of the molecule is CNC(=O)COC(=O)C(C)Cc1cccc(F)c1. The first kappa shape index (κ1) is 14.2. The van der Waals surface area contributed by atoms with Gasteiger partial charge in [0.05, 0.1) is 5.92 Å². The van der Waals surface area contributed by atoms with Crippen LogP contribution < -0.4 is 5.32 Å². The van der Waals surface area contributed by atoms with Crippen LogP contribution in [0.1, 0.15) is 12.5 Å². The Morgan fingerprint density at radius 1 is 1.44 bits per heavy atom. The Morgan fingerprint density at radius 3 is 2.78 bits per heavy atom. The molecule has 0 saturated carbocycles. The molecule has 5 heteroatoms. The molecule has 0 aliphatic carbocycles. The predicted molar refractivity (Wildman–Crippen MR) is 64.3 cm³/mol. The zero-order valence-electron chi connectivity index (χ0n) is 10.4. The van der Waals surface area contributed by atoms with Crippen molar-refractivity contribution in [3.8, 4) is 0 Å². The van der Waals surface area contributed by atoms with Gasteiger partial charge in [-0.25, -0.2) is 4.39 Å². The van der Waals surface area contributed by atoms with E-state index < -0.39 is 11.9 Å². The van der Waals surface area contributed by atoms with Crippen molar-refractivity contribution >= 4 is 11.9 Å². The van der Waals surface area contributed by atoms with Crippen molar-refractivity contribution < 1.29 is 18.7 Å². The number of hydrogen-bond acceptors (Lipinski definition) is 3. The molecular formula is C13H16FNO3. The highest BCUT2D eigenvalue weighted by Gasteiger charge is 2.16. The molecule has 18 heavy (non-hydrogen) atoms. The second-order valence-electron chi connectivity index (χ2n) is 4.02. The van der Waals surface area contributed by atoms with Gasteiger partial charge >= 0.3 is 5.97 Å². The molecule has 0 aliphatic rings. The molecule has 0 spiro atoms. The molecule has 1 aromatic rings. The summed E-state index contributed by atoms with van der Waals surface area (Å²) in [6.45, 7) is 1.39. The van der Waals surface area contributed by atoms with Crippen molar-refractivity contribution in [2.45, 2.75) is 13.3 Å². The average molecular weight is 253 g/mol. The third-order valence-electron chi connectivity index (χ3n) is 2.46. The fourth-order valence-corrected chi connectivity index (χ4v) is 1.45. The fourth-order valence-electron chi connectivity index (χ4n) is 1.45. The Morgan fingerprint density at radius 2 is 2.17 bits per heavy atom. The largest absolute Gasteiger partial charge is 0.455 e. The summed E-state index contributed by atoms with van der Waals surface area (Å²) >= 11 is 0. The van der Waals surface area contributed by atoms with E-state index in [9.17, 15) is 14.0 Å². The molecule has 0 fully saturated rings. The highest BCUT2D eigenvalue weighted by molar-refractivity contribution is 5.80. The molecular weight excluding hydrogens is 237 g/mol. The lowest BCUT2D eigenvalue weighted by Crippen LogP contribution is -2.27. The number of ether oxygens (including phenoxy) is 1. The van der Waals surface area contributed by atoms with Gasteiger partial charge in [0.1, 0.15) is 5.82 Å². The molecule has 1 aromatic carbocycles. The van der Waals surface area contributed by atoms with E-state index in [0.717, 1.165) is 5.56 Å². The summed E-state index contributed by atoms with van der Waals surface area (Å²) in [6, 6.07) is 6.06. The molecule has 0 bridgehead atoms. The third-order valence-corrected chi connectivity index (χ3v) is 2.46. The van der Waals surface area contributed by atoms with Crippen molar-refractivity contribution in [1.29, 1.82) is 0 Å². The highest BCUT2D eigenvalue weighted by Crippen LogP contribution is 2.11. The lowest BCUT2D eigenvalue weighted by atomic mass is 10.0. The highest BCUT2D eigenvalue weighted by atomic mass is 19.1. The maximum absolute atomic E-state index is 12.9. The number of rotatable bonds is 5. The van der Waals surface area contributed by atoms with Crippen LogP contribution in [-0.2, 0) is 20.7 Å². The van der Waals surface area contributed by atoms with E-state index in [0.29, 0.717) is 6.42 Å². The summed E-state index contributed by atoms with van der Waals surface area (Å²) in [5.41, 5.74) is 0.722.